The number of rotatable bonds is 24. The Morgan fingerprint density at radius 3 is 1.45 bits per heavy atom. The highest BCUT2D eigenvalue weighted by Crippen LogP contribution is 2.43. The summed E-state index contributed by atoms with van der Waals surface area (Å²) >= 11 is 0. The molecule has 0 spiro atoms. The second kappa shape index (κ2) is 24.9. The Labute approximate surface area is 408 Å². The monoisotopic (exact) mass is 979 g/mol. The molecule has 7 nitrogen and oxygen atoms in total. The van der Waals surface area contributed by atoms with Crippen molar-refractivity contribution in [2.45, 2.75) is 200 Å². The number of carbonyl (C=O) groups is 1. The lowest BCUT2D eigenvalue weighted by molar-refractivity contribution is -0.134. The first-order valence-corrected chi connectivity index (χ1v) is 35.1. The summed E-state index contributed by atoms with van der Waals surface area (Å²) in [6.45, 7) is 44.1. The number of esters is 1. The molecule has 0 saturated carbocycles. The van der Waals surface area contributed by atoms with Crippen molar-refractivity contribution in [1.82, 2.24) is 0 Å². The van der Waals surface area contributed by atoms with Crippen LogP contribution in [0.5, 0.6) is 0 Å². The molecule has 5 atom stereocenters. The van der Waals surface area contributed by atoms with Crippen molar-refractivity contribution in [3.8, 4) is 0 Å². The molecular formula is C55H94O7Si4. The van der Waals surface area contributed by atoms with Gasteiger partial charge in [0.05, 0.1) is 19.3 Å². The summed E-state index contributed by atoms with van der Waals surface area (Å²) in [4.78, 5) is 11.4. The summed E-state index contributed by atoms with van der Waals surface area (Å²) in [5.41, 5.74) is 0. The average molecular weight is 980 g/mol. The maximum Gasteiger partial charge on any atom is 0.330 e. The highest BCUT2D eigenvalue weighted by atomic mass is 28.4. The Morgan fingerprint density at radius 2 is 1.02 bits per heavy atom. The molecule has 1 N–H and O–H groups in total. The van der Waals surface area contributed by atoms with E-state index < -0.39 is 39.4 Å². The Hall–Kier alpha value is -2.46. The van der Waals surface area contributed by atoms with Crippen molar-refractivity contribution in [1.29, 1.82) is 0 Å². The van der Waals surface area contributed by atoms with Gasteiger partial charge < -0.3 is 27.5 Å². The lowest BCUT2D eigenvalue weighted by Gasteiger charge is -2.45. The number of benzene rings is 2. The molecule has 0 aliphatic carbocycles. The van der Waals surface area contributed by atoms with Crippen LogP contribution in [-0.2, 0) is 27.2 Å². The molecule has 0 saturated heterocycles. The van der Waals surface area contributed by atoms with Crippen LogP contribution in [0.3, 0.4) is 0 Å². The van der Waals surface area contributed by atoms with E-state index >= 15 is 0 Å². The molecule has 372 valence electrons. The predicted molar refractivity (Wildman–Crippen MR) is 292 cm³/mol. The Balaban J connectivity index is 2.60. The maximum absolute atomic E-state index is 12.5. The van der Waals surface area contributed by atoms with Crippen molar-refractivity contribution in [3.05, 3.63) is 109 Å². The van der Waals surface area contributed by atoms with Gasteiger partial charge in [-0.15, -0.1) is 0 Å². The molecule has 2 rings (SSSR count). The summed E-state index contributed by atoms with van der Waals surface area (Å²) in [6.07, 6.45) is 16.0. The van der Waals surface area contributed by atoms with E-state index in [1.165, 1.54) is 23.6 Å². The second-order valence-electron chi connectivity index (χ2n) is 23.9. The minimum Gasteiger partial charge on any atom is -0.466 e. The average Bonchev–Trinajstić information content (AvgIpc) is 3.19. The van der Waals surface area contributed by atoms with Gasteiger partial charge in [-0.25, -0.2) is 4.79 Å². The van der Waals surface area contributed by atoms with E-state index in [4.69, 9.17) is 17.7 Å². The lowest BCUT2D eigenvalue weighted by atomic mass is 9.90. The topological polar surface area (TPSA) is 83.5 Å². The van der Waals surface area contributed by atoms with Gasteiger partial charge in [-0.1, -0.05) is 193 Å². The van der Waals surface area contributed by atoms with Crippen molar-refractivity contribution in [2.24, 2.45) is 5.92 Å². The summed E-state index contributed by atoms with van der Waals surface area (Å²) in [7, 11) is -8.20. The molecule has 0 bridgehead atoms. The lowest BCUT2D eigenvalue weighted by Crippen LogP contribution is -2.66. The van der Waals surface area contributed by atoms with Gasteiger partial charge in [-0.2, -0.15) is 0 Å². The zero-order chi connectivity index (χ0) is 50.4. The van der Waals surface area contributed by atoms with Crippen LogP contribution in [0.15, 0.2) is 109 Å². The van der Waals surface area contributed by atoms with Crippen LogP contribution in [-0.4, -0.2) is 82.5 Å². The molecule has 0 aromatic heterocycles. The van der Waals surface area contributed by atoms with Crippen LogP contribution in [0, 0.1) is 5.92 Å². The molecule has 66 heavy (non-hydrogen) atoms. The molecule has 2 aromatic carbocycles. The summed E-state index contributed by atoms with van der Waals surface area (Å²) < 4.78 is 34.1. The van der Waals surface area contributed by atoms with Crippen LogP contribution in [0.4, 0.5) is 0 Å². The van der Waals surface area contributed by atoms with Crippen LogP contribution >= 0.6 is 0 Å². The van der Waals surface area contributed by atoms with Crippen LogP contribution in [0.1, 0.15) is 116 Å². The quantitative estimate of drug-likeness (QED) is 0.0485. The predicted octanol–water partition coefficient (Wildman–Crippen LogP) is 13.7. The van der Waals surface area contributed by atoms with Crippen LogP contribution < -0.4 is 10.4 Å². The first-order chi connectivity index (χ1) is 30.2. The minimum atomic E-state index is -2.78. The highest BCUT2D eigenvalue weighted by molar-refractivity contribution is 6.99. The Bertz CT molecular complexity index is 1820. The zero-order valence-electron chi connectivity index (χ0n) is 45.2. The third kappa shape index (κ3) is 17.5. The van der Waals surface area contributed by atoms with Crippen molar-refractivity contribution >= 4 is 49.6 Å². The van der Waals surface area contributed by atoms with Crippen LogP contribution in [0.2, 0.25) is 59.4 Å². The second-order valence-corrected chi connectivity index (χ2v) is 42.5. The minimum absolute atomic E-state index is 0.000857. The fourth-order valence-corrected chi connectivity index (χ4v) is 16.2. The van der Waals surface area contributed by atoms with Gasteiger partial charge in [-0.05, 0) is 95.5 Å². The first-order valence-electron chi connectivity index (χ1n) is 24.4. The number of hydrogen-bond donors (Lipinski definition) is 1. The fourth-order valence-electron chi connectivity index (χ4n) is 7.41. The summed E-state index contributed by atoms with van der Waals surface area (Å²) in [5, 5.41) is 14.8. The zero-order valence-corrected chi connectivity index (χ0v) is 49.2. The Kier molecular flexibility index (Phi) is 22.5. The van der Waals surface area contributed by atoms with Gasteiger partial charge in [0, 0.05) is 30.8 Å². The van der Waals surface area contributed by atoms with E-state index in [-0.39, 0.29) is 50.4 Å². The number of carbonyl (C=O) groups excluding carboxylic acids is 1. The number of aliphatic hydroxyl groups excluding tert-OH is 1. The number of ether oxygens (including phenoxy) is 1. The van der Waals surface area contributed by atoms with Crippen molar-refractivity contribution < 1.29 is 32.3 Å². The molecular weight excluding hydrogens is 885 g/mol. The third-order valence-corrected chi connectivity index (χ3v) is 33.3. The SMILES string of the molecule is COC(=O)/C=C/C=C/C=C/C=C/C[C@H](O[Si](C)(C)C(C)(C)C)[C@@H](C)[C@H](O)C[C@@H](C[C@@H](CCO[Si](c1ccccc1)(c1ccccc1)C(C)(C)C)O[Si](C)(C)C(C)(C)C)O[Si](C)(C)C(C)(C)C. The molecule has 0 amide bonds. The molecule has 11 heteroatoms. The molecule has 0 unspecified atom stereocenters. The van der Waals surface area contributed by atoms with E-state index in [0.29, 0.717) is 32.3 Å². The summed E-state index contributed by atoms with van der Waals surface area (Å²) in [6, 6.07) is 21.7. The standard InChI is InChI=1S/C55H94O7Si4/c1-44(50(62-65(19,20)54(8,9)10)38-32-24-22-21-23-25-33-39-51(57)58-14)49(56)43-46(61-64(17,18)53(5,6)7)42-45(60-63(15,16)52(2,3)4)40-41-59-66(55(11,12)13,47-34-28-26-29-35-47)48-36-30-27-31-37-48/h21-37,39,44-46,49-50,56H,38,40-43H2,1-20H3/b22-21+,25-23+,32-24+,39-33+/t44-,45+,46+,49+,50-/m0/s1. The van der Waals surface area contributed by atoms with Crippen LogP contribution in [0.25, 0.3) is 0 Å². The number of allylic oxidation sites excluding steroid dienone is 6. The molecule has 0 aliphatic rings. The smallest absolute Gasteiger partial charge is 0.330 e. The number of methoxy groups -OCH3 is 1. The number of aliphatic hydroxyl groups is 1. The first kappa shape index (κ1) is 59.7. The third-order valence-electron chi connectivity index (χ3n) is 14.7. The molecule has 0 aliphatic heterocycles. The Morgan fingerprint density at radius 1 is 0.591 bits per heavy atom. The fraction of sp³-hybridized carbons (Fsp3) is 0.618. The maximum atomic E-state index is 12.5. The van der Waals surface area contributed by atoms with Gasteiger partial charge in [0.25, 0.3) is 8.32 Å². The van der Waals surface area contributed by atoms with E-state index in [9.17, 15) is 9.90 Å². The van der Waals surface area contributed by atoms with Gasteiger partial charge in [0.1, 0.15) is 0 Å². The summed E-state index contributed by atoms with van der Waals surface area (Å²) in [5.74, 6) is -0.554. The number of hydrogen-bond acceptors (Lipinski definition) is 7. The van der Waals surface area contributed by atoms with Gasteiger partial charge >= 0.3 is 5.97 Å². The van der Waals surface area contributed by atoms with E-state index in [0.717, 1.165) is 0 Å². The molecule has 2 aromatic rings. The van der Waals surface area contributed by atoms with Crippen molar-refractivity contribution in [2.75, 3.05) is 13.7 Å². The van der Waals surface area contributed by atoms with Crippen molar-refractivity contribution in [3.63, 3.8) is 0 Å². The molecule has 0 radical (unpaired) electrons. The highest BCUT2D eigenvalue weighted by Gasteiger charge is 2.51. The normalized spacial score (nSPS) is 16.6. The van der Waals surface area contributed by atoms with E-state index in [2.05, 4.69) is 201 Å². The van der Waals surface area contributed by atoms with Gasteiger partial charge in [0.2, 0.25) is 0 Å². The van der Waals surface area contributed by atoms with Gasteiger partial charge in [0.15, 0.2) is 25.0 Å². The molecule has 0 fully saturated rings. The van der Waals surface area contributed by atoms with E-state index in [1.54, 1.807) is 12.2 Å². The van der Waals surface area contributed by atoms with E-state index in [1.807, 2.05) is 24.3 Å². The molecule has 0 heterocycles. The largest absolute Gasteiger partial charge is 0.466 e. The van der Waals surface area contributed by atoms with Gasteiger partial charge in [-0.3, -0.25) is 0 Å².